The van der Waals surface area contributed by atoms with Gasteiger partial charge in [0.05, 0.1) is 6.42 Å². The van der Waals surface area contributed by atoms with Crippen molar-refractivity contribution in [2.75, 3.05) is 14.1 Å². The van der Waals surface area contributed by atoms with Crippen molar-refractivity contribution in [2.24, 2.45) is 0 Å². The molecular formula is C7H15NO2. The van der Waals surface area contributed by atoms with Crippen molar-refractivity contribution in [3.05, 3.63) is 0 Å². The lowest BCUT2D eigenvalue weighted by atomic mass is 10.1. The Morgan fingerprint density at radius 3 is 2.20 bits per heavy atom. The Kier molecular flexibility index (Phi) is 4.03. The lowest BCUT2D eigenvalue weighted by Crippen LogP contribution is -2.29. The number of carboxylic acids is 1. The summed E-state index contributed by atoms with van der Waals surface area (Å²) in [5.74, 6) is -0.722. The molecule has 0 saturated carbocycles. The van der Waals surface area contributed by atoms with Crippen LogP contribution in [0, 0.1) is 0 Å². The largest absolute Gasteiger partial charge is 0.481 e. The third-order valence-corrected chi connectivity index (χ3v) is 1.61. The van der Waals surface area contributed by atoms with Crippen LogP contribution in [0.1, 0.15) is 19.8 Å². The molecule has 0 fully saturated rings. The summed E-state index contributed by atoms with van der Waals surface area (Å²) in [7, 11) is 3.80. The van der Waals surface area contributed by atoms with Gasteiger partial charge in [-0.3, -0.25) is 4.79 Å². The average Bonchev–Trinajstić information content (AvgIpc) is 1.81. The van der Waals surface area contributed by atoms with Crippen LogP contribution in [-0.2, 0) is 4.79 Å². The first kappa shape index (κ1) is 9.43. The normalized spacial score (nSPS) is 13.6. The fraction of sp³-hybridized carbons (Fsp3) is 0.857. The van der Waals surface area contributed by atoms with Crippen molar-refractivity contribution in [3.8, 4) is 0 Å². The minimum Gasteiger partial charge on any atom is -0.481 e. The van der Waals surface area contributed by atoms with Gasteiger partial charge in [0.15, 0.2) is 0 Å². The summed E-state index contributed by atoms with van der Waals surface area (Å²) in [6, 6.07) is 0.178. The van der Waals surface area contributed by atoms with Gasteiger partial charge in [0.1, 0.15) is 0 Å². The minimum absolute atomic E-state index is 0.178. The van der Waals surface area contributed by atoms with E-state index in [2.05, 4.69) is 0 Å². The van der Waals surface area contributed by atoms with Crippen LogP contribution >= 0.6 is 0 Å². The molecule has 3 nitrogen and oxygen atoms in total. The maximum Gasteiger partial charge on any atom is 0.304 e. The first-order valence-corrected chi connectivity index (χ1v) is 3.46. The van der Waals surface area contributed by atoms with Gasteiger partial charge in [-0.25, -0.2) is 0 Å². The molecule has 0 aliphatic carbocycles. The van der Waals surface area contributed by atoms with Gasteiger partial charge in [-0.05, 0) is 20.5 Å². The Labute approximate surface area is 61.6 Å². The van der Waals surface area contributed by atoms with Gasteiger partial charge in [0, 0.05) is 6.04 Å². The van der Waals surface area contributed by atoms with E-state index in [4.69, 9.17) is 5.11 Å². The first-order chi connectivity index (χ1) is 4.57. The second kappa shape index (κ2) is 4.28. The first-order valence-electron chi connectivity index (χ1n) is 3.46. The molecule has 0 radical (unpaired) electrons. The van der Waals surface area contributed by atoms with Crippen molar-refractivity contribution in [1.82, 2.24) is 4.90 Å². The SMILES string of the molecule is CC[C@@H](CC(=O)O)N(C)C. The molecule has 1 N–H and O–H groups in total. The van der Waals surface area contributed by atoms with Gasteiger partial charge in [-0.2, -0.15) is 0 Å². The lowest BCUT2D eigenvalue weighted by Gasteiger charge is -2.20. The summed E-state index contributed by atoms with van der Waals surface area (Å²) in [6.45, 7) is 1.99. The van der Waals surface area contributed by atoms with Crippen molar-refractivity contribution < 1.29 is 9.90 Å². The maximum atomic E-state index is 10.2. The van der Waals surface area contributed by atoms with E-state index in [0.29, 0.717) is 0 Å². The molecule has 0 aliphatic rings. The van der Waals surface area contributed by atoms with E-state index in [-0.39, 0.29) is 12.5 Å². The standard InChI is InChI=1S/C7H15NO2/c1-4-6(8(2)3)5-7(9)10/h6H,4-5H2,1-3H3,(H,9,10)/t6-/m0/s1. The van der Waals surface area contributed by atoms with Crippen LogP contribution in [0.5, 0.6) is 0 Å². The fourth-order valence-electron chi connectivity index (χ4n) is 0.894. The number of aliphatic carboxylic acids is 1. The van der Waals surface area contributed by atoms with E-state index in [1.165, 1.54) is 0 Å². The van der Waals surface area contributed by atoms with E-state index in [0.717, 1.165) is 6.42 Å². The predicted octanol–water partition coefficient (Wildman–Crippen LogP) is 0.801. The van der Waals surface area contributed by atoms with Gasteiger partial charge in [-0.15, -0.1) is 0 Å². The van der Waals surface area contributed by atoms with E-state index in [1.807, 2.05) is 25.9 Å². The van der Waals surface area contributed by atoms with Crippen molar-refractivity contribution >= 4 is 5.97 Å². The summed E-state index contributed by atoms with van der Waals surface area (Å²) < 4.78 is 0. The molecule has 0 spiro atoms. The van der Waals surface area contributed by atoms with E-state index in [1.54, 1.807) is 0 Å². The number of hydrogen-bond donors (Lipinski definition) is 1. The van der Waals surface area contributed by atoms with Gasteiger partial charge in [-0.1, -0.05) is 6.92 Å². The number of hydrogen-bond acceptors (Lipinski definition) is 2. The Bertz CT molecular complexity index is 112. The number of carboxylic acid groups (broad SMARTS) is 1. The van der Waals surface area contributed by atoms with Crippen molar-refractivity contribution in [3.63, 3.8) is 0 Å². The van der Waals surface area contributed by atoms with Gasteiger partial charge < -0.3 is 10.0 Å². The van der Waals surface area contributed by atoms with Gasteiger partial charge in [0.2, 0.25) is 0 Å². The fourth-order valence-corrected chi connectivity index (χ4v) is 0.894. The second-order valence-electron chi connectivity index (χ2n) is 2.62. The van der Waals surface area contributed by atoms with Crippen LogP contribution in [0.4, 0.5) is 0 Å². The molecule has 60 valence electrons. The number of nitrogens with zero attached hydrogens (tertiary/aromatic N) is 1. The third-order valence-electron chi connectivity index (χ3n) is 1.61. The molecule has 0 amide bonds. The molecule has 0 aromatic carbocycles. The average molecular weight is 145 g/mol. The van der Waals surface area contributed by atoms with Crippen LogP contribution in [0.3, 0.4) is 0 Å². The summed E-state index contributed by atoms with van der Waals surface area (Å²) >= 11 is 0. The quantitative estimate of drug-likeness (QED) is 0.636. The summed E-state index contributed by atoms with van der Waals surface area (Å²) in [5, 5.41) is 8.44. The molecule has 0 rings (SSSR count). The van der Waals surface area contributed by atoms with Crippen molar-refractivity contribution in [1.29, 1.82) is 0 Å². The summed E-state index contributed by atoms with van der Waals surface area (Å²) in [5.41, 5.74) is 0. The van der Waals surface area contributed by atoms with Crippen LogP contribution in [0.2, 0.25) is 0 Å². The molecule has 0 aliphatic heterocycles. The lowest BCUT2D eigenvalue weighted by molar-refractivity contribution is -0.138. The maximum absolute atomic E-state index is 10.2. The van der Waals surface area contributed by atoms with Crippen molar-refractivity contribution in [2.45, 2.75) is 25.8 Å². The zero-order valence-corrected chi connectivity index (χ0v) is 6.79. The Morgan fingerprint density at radius 2 is 2.10 bits per heavy atom. The third kappa shape index (κ3) is 3.45. The van der Waals surface area contributed by atoms with Crippen LogP contribution in [0.25, 0.3) is 0 Å². The highest BCUT2D eigenvalue weighted by Crippen LogP contribution is 2.03. The van der Waals surface area contributed by atoms with Crippen LogP contribution in [0.15, 0.2) is 0 Å². The molecule has 0 unspecified atom stereocenters. The topological polar surface area (TPSA) is 40.5 Å². The second-order valence-corrected chi connectivity index (χ2v) is 2.62. The minimum atomic E-state index is -0.722. The van der Waals surface area contributed by atoms with E-state index in [9.17, 15) is 4.79 Å². The monoisotopic (exact) mass is 145 g/mol. The van der Waals surface area contributed by atoms with Crippen LogP contribution in [-0.4, -0.2) is 36.1 Å². The predicted molar refractivity (Wildman–Crippen MR) is 40.0 cm³/mol. The van der Waals surface area contributed by atoms with Gasteiger partial charge in [0.25, 0.3) is 0 Å². The Balaban J connectivity index is 3.71. The molecule has 3 heteroatoms. The zero-order valence-electron chi connectivity index (χ0n) is 6.79. The molecule has 0 saturated heterocycles. The molecule has 1 atom stereocenters. The zero-order chi connectivity index (χ0) is 8.15. The highest BCUT2D eigenvalue weighted by atomic mass is 16.4. The van der Waals surface area contributed by atoms with E-state index >= 15 is 0 Å². The molecule has 0 heterocycles. The highest BCUT2D eigenvalue weighted by molar-refractivity contribution is 5.67. The number of rotatable bonds is 4. The van der Waals surface area contributed by atoms with E-state index < -0.39 is 5.97 Å². The molecule has 0 aromatic heterocycles. The van der Waals surface area contributed by atoms with Crippen LogP contribution < -0.4 is 0 Å². The summed E-state index contributed by atoms with van der Waals surface area (Å²) in [4.78, 5) is 12.2. The molecule has 0 aromatic rings. The highest BCUT2D eigenvalue weighted by Gasteiger charge is 2.11. The smallest absolute Gasteiger partial charge is 0.304 e. The van der Waals surface area contributed by atoms with Gasteiger partial charge >= 0.3 is 5.97 Å². The summed E-state index contributed by atoms with van der Waals surface area (Å²) in [6.07, 6.45) is 1.13. The molecular weight excluding hydrogens is 130 g/mol. The molecule has 0 bridgehead atoms. The number of carbonyl (C=O) groups is 1. The Hall–Kier alpha value is -0.570. The molecule has 10 heavy (non-hydrogen) atoms. The Morgan fingerprint density at radius 1 is 1.60 bits per heavy atom.